The first kappa shape index (κ1) is 20.6. The quantitative estimate of drug-likeness (QED) is 0.894. The Bertz CT molecular complexity index is 561. The Balaban J connectivity index is 0.00000288. The Morgan fingerprint density at radius 2 is 1.92 bits per heavy atom. The minimum Gasteiger partial charge on any atom is -0.406 e. The zero-order valence-electron chi connectivity index (χ0n) is 13.6. The largest absolute Gasteiger partial charge is 0.573 e. The van der Waals surface area contributed by atoms with E-state index in [-0.39, 0.29) is 41.9 Å². The summed E-state index contributed by atoms with van der Waals surface area (Å²) in [7, 11) is 0. The van der Waals surface area contributed by atoms with Crippen LogP contribution < -0.4 is 10.5 Å². The highest BCUT2D eigenvalue weighted by molar-refractivity contribution is 5.85. The topological polar surface area (TPSA) is 55.6 Å². The van der Waals surface area contributed by atoms with Crippen molar-refractivity contribution in [2.24, 2.45) is 11.1 Å². The van der Waals surface area contributed by atoms with Gasteiger partial charge in [-0.3, -0.25) is 4.79 Å². The van der Waals surface area contributed by atoms with Gasteiger partial charge in [0.15, 0.2) is 0 Å². The third-order valence-electron chi connectivity index (χ3n) is 4.18. The number of nitrogens with zero attached hydrogens (tertiary/aromatic N) is 1. The van der Waals surface area contributed by atoms with Crippen LogP contribution in [0, 0.1) is 5.41 Å². The monoisotopic (exact) mass is 366 g/mol. The number of likely N-dealkylation sites (tertiary alicyclic amines) is 1. The van der Waals surface area contributed by atoms with Gasteiger partial charge in [0.05, 0.1) is 6.42 Å². The molecule has 1 saturated heterocycles. The highest BCUT2D eigenvalue weighted by Crippen LogP contribution is 2.28. The zero-order chi connectivity index (χ0) is 17.3. The maximum atomic E-state index is 12.3. The van der Waals surface area contributed by atoms with Crippen LogP contribution >= 0.6 is 12.4 Å². The molecule has 24 heavy (non-hydrogen) atoms. The molecule has 1 atom stereocenters. The molecule has 1 amide bonds. The maximum Gasteiger partial charge on any atom is 0.573 e. The summed E-state index contributed by atoms with van der Waals surface area (Å²) in [5, 5.41) is 0. The Kier molecular flexibility index (Phi) is 6.52. The van der Waals surface area contributed by atoms with Crippen molar-refractivity contribution in [1.82, 2.24) is 4.90 Å². The lowest BCUT2D eigenvalue weighted by Gasteiger charge is -2.42. The van der Waals surface area contributed by atoms with E-state index in [1.807, 2.05) is 13.8 Å². The molecule has 1 aromatic carbocycles. The molecule has 1 fully saturated rings. The van der Waals surface area contributed by atoms with Gasteiger partial charge in [-0.2, -0.15) is 0 Å². The Morgan fingerprint density at radius 3 is 2.42 bits per heavy atom. The molecule has 1 heterocycles. The van der Waals surface area contributed by atoms with Crippen LogP contribution in [-0.4, -0.2) is 36.3 Å². The van der Waals surface area contributed by atoms with Crippen molar-refractivity contribution in [3.05, 3.63) is 29.8 Å². The fourth-order valence-electron chi connectivity index (χ4n) is 2.68. The lowest BCUT2D eigenvalue weighted by molar-refractivity contribution is -0.274. The molecule has 0 aromatic heterocycles. The molecule has 1 unspecified atom stereocenters. The maximum absolute atomic E-state index is 12.3. The van der Waals surface area contributed by atoms with Crippen molar-refractivity contribution < 1.29 is 22.7 Å². The average Bonchev–Trinajstić information content (AvgIpc) is 2.42. The smallest absolute Gasteiger partial charge is 0.406 e. The van der Waals surface area contributed by atoms with Gasteiger partial charge in [0.2, 0.25) is 5.91 Å². The predicted octanol–water partition coefficient (Wildman–Crippen LogP) is 3.14. The van der Waals surface area contributed by atoms with Crippen LogP contribution in [0.15, 0.2) is 24.3 Å². The summed E-state index contributed by atoms with van der Waals surface area (Å²) < 4.78 is 40.1. The number of nitrogens with two attached hydrogens (primary N) is 1. The molecule has 136 valence electrons. The highest BCUT2D eigenvalue weighted by Gasteiger charge is 2.35. The second-order valence-electron chi connectivity index (χ2n) is 6.57. The molecule has 2 rings (SSSR count). The fraction of sp³-hybridized carbons (Fsp3) is 0.562. The number of rotatable bonds is 3. The van der Waals surface area contributed by atoms with Crippen molar-refractivity contribution in [2.75, 3.05) is 13.1 Å². The summed E-state index contributed by atoms with van der Waals surface area (Å²) in [4.78, 5) is 14.1. The van der Waals surface area contributed by atoms with Crippen LogP contribution in [0.2, 0.25) is 0 Å². The molecular weight excluding hydrogens is 345 g/mol. The number of ether oxygens (including phenoxy) is 1. The Hall–Kier alpha value is -1.47. The van der Waals surface area contributed by atoms with Gasteiger partial charge in [0, 0.05) is 19.1 Å². The zero-order valence-corrected chi connectivity index (χ0v) is 14.4. The summed E-state index contributed by atoms with van der Waals surface area (Å²) in [6, 6.07) is 5.43. The van der Waals surface area contributed by atoms with Crippen LogP contribution in [0.25, 0.3) is 0 Å². The number of carbonyl (C=O) groups is 1. The van der Waals surface area contributed by atoms with Crippen molar-refractivity contribution in [1.29, 1.82) is 0 Å². The number of carbonyl (C=O) groups excluding carboxylic acids is 1. The first-order chi connectivity index (χ1) is 10.6. The summed E-state index contributed by atoms with van der Waals surface area (Å²) in [5.74, 6) is -0.340. The second kappa shape index (κ2) is 7.61. The first-order valence-electron chi connectivity index (χ1n) is 7.45. The van der Waals surface area contributed by atoms with Gasteiger partial charge in [-0.05, 0) is 29.5 Å². The summed E-state index contributed by atoms with van der Waals surface area (Å²) in [6.45, 7) is 5.25. The van der Waals surface area contributed by atoms with Gasteiger partial charge in [0.25, 0.3) is 0 Å². The Morgan fingerprint density at radius 1 is 1.33 bits per heavy atom. The van der Waals surface area contributed by atoms with Crippen LogP contribution in [0.4, 0.5) is 13.2 Å². The summed E-state index contributed by atoms with van der Waals surface area (Å²) in [6.07, 6.45) is -3.82. The lowest BCUT2D eigenvalue weighted by Crippen LogP contribution is -2.54. The highest BCUT2D eigenvalue weighted by atomic mass is 35.5. The number of amides is 1. The second-order valence-corrected chi connectivity index (χ2v) is 6.57. The SMILES string of the molecule is CC1(C)CN(C(=O)Cc2ccc(OC(F)(F)F)cc2)CCC1N.Cl. The van der Waals surface area contributed by atoms with Gasteiger partial charge >= 0.3 is 6.36 Å². The molecule has 4 nitrogen and oxygen atoms in total. The molecule has 0 radical (unpaired) electrons. The van der Waals surface area contributed by atoms with E-state index in [0.29, 0.717) is 18.7 Å². The lowest BCUT2D eigenvalue weighted by atomic mass is 9.79. The van der Waals surface area contributed by atoms with Gasteiger partial charge < -0.3 is 15.4 Å². The van der Waals surface area contributed by atoms with Gasteiger partial charge in [-0.25, -0.2) is 0 Å². The molecule has 0 saturated carbocycles. The van der Waals surface area contributed by atoms with Gasteiger partial charge in [-0.15, -0.1) is 25.6 Å². The van der Waals surface area contributed by atoms with Gasteiger partial charge in [0.1, 0.15) is 5.75 Å². The minimum atomic E-state index is -4.71. The number of alkyl halides is 3. The number of halogens is 4. The van der Waals surface area contributed by atoms with Crippen molar-refractivity contribution in [3.8, 4) is 5.75 Å². The van der Waals surface area contributed by atoms with E-state index in [1.54, 1.807) is 4.90 Å². The molecule has 0 aliphatic carbocycles. The van der Waals surface area contributed by atoms with Crippen LogP contribution in [0.1, 0.15) is 25.8 Å². The average molecular weight is 367 g/mol. The number of piperidine rings is 1. The molecule has 0 bridgehead atoms. The van der Waals surface area contributed by atoms with Gasteiger partial charge in [-0.1, -0.05) is 26.0 Å². The third-order valence-corrected chi connectivity index (χ3v) is 4.18. The molecule has 2 N–H and O–H groups in total. The molecule has 0 spiro atoms. The van der Waals surface area contributed by atoms with Crippen molar-refractivity contribution >= 4 is 18.3 Å². The van der Waals surface area contributed by atoms with Crippen LogP contribution in [-0.2, 0) is 11.2 Å². The fourth-order valence-corrected chi connectivity index (χ4v) is 2.68. The number of hydrogen-bond acceptors (Lipinski definition) is 3. The molecule has 8 heteroatoms. The predicted molar refractivity (Wildman–Crippen MR) is 87.0 cm³/mol. The molecule has 1 aromatic rings. The van der Waals surface area contributed by atoms with E-state index < -0.39 is 6.36 Å². The van der Waals surface area contributed by atoms with Crippen LogP contribution in [0.3, 0.4) is 0 Å². The Labute approximate surface area is 145 Å². The molecule has 1 aliphatic heterocycles. The van der Waals surface area contributed by atoms with E-state index >= 15 is 0 Å². The normalized spacial score (nSPS) is 20.2. The first-order valence-corrected chi connectivity index (χ1v) is 7.45. The minimum absolute atomic E-state index is 0. The summed E-state index contributed by atoms with van der Waals surface area (Å²) in [5.41, 5.74) is 6.56. The van der Waals surface area contributed by atoms with E-state index in [4.69, 9.17) is 5.73 Å². The van der Waals surface area contributed by atoms with E-state index in [9.17, 15) is 18.0 Å². The van der Waals surface area contributed by atoms with Crippen LogP contribution in [0.5, 0.6) is 5.75 Å². The molecular formula is C16H22ClF3N2O2. The standard InChI is InChI=1S/C16H21F3N2O2.ClH/c1-15(2)10-21(8-7-13(15)20)14(22)9-11-3-5-12(6-4-11)23-16(17,18)19;/h3-6,13H,7-10,20H2,1-2H3;1H. The van der Waals surface area contributed by atoms with Crippen molar-refractivity contribution in [3.63, 3.8) is 0 Å². The van der Waals surface area contributed by atoms with E-state index in [0.717, 1.165) is 6.42 Å². The summed E-state index contributed by atoms with van der Waals surface area (Å²) >= 11 is 0. The van der Waals surface area contributed by atoms with Crippen molar-refractivity contribution in [2.45, 2.75) is 39.1 Å². The van der Waals surface area contributed by atoms with E-state index in [1.165, 1.54) is 24.3 Å². The number of benzene rings is 1. The molecule has 1 aliphatic rings. The van der Waals surface area contributed by atoms with E-state index in [2.05, 4.69) is 4.74 Å². The third kappa shape index (κ3) is 5.56. The number of hydrogen-bond donors (Lipinski definition) is 1.